The van der Waals surface area contributed by atoms with E-state index < -0.39 is 52.0 Å². The number of benzene rings is 3. The van der Waals surface area contributed by atoms with E-state index in [-0.39, 0.29) is 30.3 Å². The Morgan fingerprint density at radius 3 is 2.23 bits per heavy atom. The van der Waals surface area contributed by atoms with Crippen LogP contribution in [0.2, 0.25) is 0 Å². The Kier molecular flexibility index (Phi) is 10.1. The van der Waals surface area contributed by atoms with E-state index in [0.717, 1.165) is 55.0 Å². The van der Waals surface area contributed by atoms with Crippen molar-refractivity contribution in [2.45, 2.75) is 56.9 Å². The van der Waals surface area contributed by atoms with Gasteiger partial charge in [0.05, 0.1) is 17.5 Å². The predicted octanol–water partition coefficient (Wildman–Crippen LogP) is 5.31. The Labute approximate surface area is 248 Å². The summed E-state index contributed by atoms with van der Waals surface area (Å²) in [6.07, 6.45) is -0.527. The first-order valence-electron chi connectivity index (χ1n) is 13.8. The molecule has 3 aromatic rings. The zero-order chi connectivity index (χ0) is 31.2. The Hall–Kier alpha value is -3.93. The highest BCUT2D eigenvalue weighted by atomic mass is 32.2. The molecule has 43 heavy (non-hydrogen) atoms. The van der Waals surface area contributed by atoms with Gasteiger partial charge in [0.1, 0.15) is 18.4 Å². The van der Waals surface area contributed by atoms with Crippen LogP contribution in [0.4, 0.5) is 23.2 Å². The average Bonchev–Trinajstić information content (AvgIpc) is 3.47. The number of carbonyl (C=O) groups is 2. The van der Waals surface area contributed by atoms with Gasteiger partial charge in [0.15, 0.2) is 0 Å². The maximum Gasteiger partial charge on any atom is 0.416 e. The third-order valence-electron chi connectivity index (χ3n) is 7.41. The zero-order valence-electron chi connectivity index (χ0n) is 23.6. The highest BCUT2D eigenvalue weighted by Crippen LogP contribution is 2.32. The van der Waals surface area contributed by atoms with E-state index in [2.05, 4.69) is 5.32 Å². The second-order valence-electron chi connectivity index (χ2n) is 10.6. The van der Waals surface area contributed by atoms with Crippen molar-refractivity contribution in [1.82, 2.24) is 10.2 Å². The van der Waals surface area contributed by atoms with Gasteiger partial charge in [0.2, 0.25) is 21.8 Å². The standard InChI is InChI=1S/C31H33F4N3O4S/c1-43(41,42)38(26-16-9-13-24(19-26)31(33,34)35)21-29(39)37(20-23-12-5-8-17-27(23)32)28(18-22-10-3-2-4-11-22)30(40)36-25-14-6-7-15-25/h2-5,8-13,16-17,19,25,28H,6-7,14-15,18,20-21H2,1H3,(H,36,40)/t28-/m1/s1. The van der Waals surface area contributed by atoms with Crippen LogP contribution in [-0.2, 0) is 38.8 Å². The topological polar surface area (TPSA) is 86.8 Å². The molecular formula is C31H33F4N3O4S. The number of sulfonamides is 1. The number of hydrogen-bond donors (Lipinski definition) is 1. The maximum atomic E-state index is 14.9. The van der Waals surface area contributed by atoms with Crippen LogP contribution in [0.25, 0.3) is 0 Å². The van der Waals surface area contributed by atoms with Crippen LogP contribution in [0.5, 0.6) is 0 Å². The minimum atomic E-state index is -4.75. The predicted molar refractivity (Wildman–Crippen MR) is 155 cm³/mol. The van der Waals surface area contributed by atoms with E-state index in [1.54, 1.807) is 36.4 Å². The van der Waals surface area contributed by atoms with Gasteiger partial charge in [-0.05, 0) is 42.7 Å². The molecule has 0 aliphatic heterocycles. The molecule has 0 bridgehead atoms. The zero-order valence-corrected chi connectivity index (χ0v) is 24.4. The van der Waals surface area contributed by atoms with Gasteiger partial charge in [-0.25, -0.2) is 12.8 Å². The Morgan fingerprint density at radius 2 is 1.60 bits per heavy atom. The molecule has 0 heterocycles. The number of amides is 2. The normalized spacial score (nSPS) is 14.7. The number of halogens is 4. The molecule has 1 N–H and O–H groups in total. The van der Waals surface area contributed by atoms with Crippen molar-refractivity contribution >= 4 is 27.5 Å². The molecule has 0 unspecified atom stereocenters. The van der Waals surface area contributed by atoms with Crippen molar-refractivity contribution in [3.8, 4) is 0 Å². The Morgan fingerprint density at radius 1 is 0.953 bits per heavy atom. The maximum absolute atomic E-state index is 14.9. The molecule has 1 aliphatic rings. The van der Waals surface area contributed by atoms with Crippen LogP contribution >= 0.6 is 0 Å². The van der Waals surface area contributed by atoms with E-state index in [0.29, 0.717) is 15.9 Å². The van der Waals surface area contributed by atoms with Crippen molar-refractivity contribution in [2.24, 2.45) is 0 Å². The molecular weight excluding hydrogens is 586 g/mol. The monoisotopic (exact) mass is 619 g/mol. The fourth-order valence-corrected chi connectivity index (χ4v) is 6.02. The first kappa shape index (κ1) is 32.0. The van der Waals surface area contributed by atoms with Crippen molar-refractivity contribution in [1.29, 1.82) is 0 Å². The number of alkyl halides is 3. The lowest BCUT2D eigenvalue weighted by molar-refractivity contribution is -0.140. The van der Waals surface area contributed by atoms with Crippen molar-refractivity contribution in [2.75, 3.05) is 17.1 Å². The molecule has 0 saturated heterocycles. The number of anilines is 1. The van der Waals surface area contributed by atoms with Crippen LogP contribution in [0.15, 0.2) is 78.9 Å². The van der Waals surface area contributed by atoms with E-state index >= 15 is 0 Å². The second kappa shape index (κ2) is 13.6. The molecule has 230 valence electrons. The largest absolute Gasteiger partial charge is 0.416 e. The molecule has 1 saturated carbocycles. The molecule has 0 spiro atoms. The van der Waals surface area contributed by atoms with Gasteiger partial charge in [-0.2, -0.15) is 13.2 Å². The minimum Gasteiger partial charge on any atom is -0.352 e. The van der Waals surface area contributed by atoms with Gasteiger partial charge in [0.25, 0.3) is 0 Å². The molecule has 12 heteroatoms. The highest BCUT2D eigenvalue weighted by Gasteiger charge is 2.36. The van der Waals surface area contributed by atoms with Gasteiger partial charge in [-0.3, -0.25) is 13.9 Å². The summed E-state index contributed by atoms with van der Waals surface area (Å²) in [7, 11) is -4.27. The van der Waals surface area contributed by atoms with Crippen LogP contribution in [0, 0.1) is 5.82 Å². The van der Waals surface area contributed by atoms with Crippen LogP contribution in [0.1, 0.15) is 42.4 Å². The number of carbonyl (C=O) groups excluding carboxylic acids is 2. The van der Waals surface area contributed by atoms with Gasteiger partial charge in [-0.1, -0.05) is 67.4 Å². The molecule has 2 amide bonds. The fraction of sp³-hybridized carbons (Fsp3) is 0.355. The third-order valence-corrected chi connectivity index (χ3v) is 8.55. The molecule has 1 fully saturated rings. The smallest absolute Gasteiger partial charge is 0.352 e. The van der Waals surface area contributed by atoms with Gasteiger partial charge in [0, 0.05) is 24.6 Å². The summed E-state index contributed by atoms with van der Waals surface area (Å²) >= 11 is 0. The molecule has 7 nitrogen and oxygen atoms in total. The number of nitrogens with one attached hydrogen (secondary N) is 1. The van der Waals surface area contributed by atoms with Gasteiger partial charge < -0.3 is 10.2 Å². The van der Waals surface area contributed by atoms with E-state index in [1.807, 2.05) is 0 Å². The summed E-state index contributed by atoms with van der Waals surface area (Å²) in [5.41, 5.74) is -0.662. The first-order valence-corrected chi connectivity index (χ1v) is 15.7. The molecule has 0 radical (unpaired) electrons. The summed E-state index contributed by atoms with van der Waals surface area (Å²) in [6.45, 7) is -1.28. The quantitative estimate of drug-likeness (QED) is 0.295. The Bertz CT molecular complexity index is 1530. The SMILES string of the molecule is CS(=O)(=O)N(CC(=O)N(Cc1ccccc1F)[C@H](Cc1ccccc1)C(=O)NC1CCCC1)c1cccc(C(F)(F)F)c1. The van der Waals surface area contributed by atoms with Gasteiger partial charge >= 0.3 is 6.18 Å². The molecule has 3 aromatic carbocycles. The number of rotatable bonds is 11. The van der Waals surface area contributed by atoms with E-state index in [1.165, 1.54) is 18.2 Å². The molecule has 0 aromatic heterocycles. The number of hydrogen-bond acceptors (Lipinski definition) is 4. The summed E-state index contributed by atoms with van der Waals surface area (Å²) in [6, 6.07) is 16.9. The summed E-state index contributed by atoms with van der Waals surface area (Å²) < 4.78 is 81.4. The first-order chi connectivity index (χ1) is 20.3. The lowest BCUT2D eigenvalue weighted by Crippen LogP contribution is -2.54. The molecule has 1 atom stereocenters. The average molecular weight is 620 g/mol. The van der Waals surface area contributed by atoms with E-state index in [9.17, 15) is 35.6 Å². The second-order valence-corrected chi connectivity index (χ2v) is 12.5. The van der Waals surface area contributed by atoms with Crippen molar-refractivity contribution in [3.05, 3.63) is 101 Å². The lowest BCUT2D eigenvalue weighted by atomic mass is 10.0. The molecule has 4 rings (SSSR count). The van der Waals surface area contributed by atoms with E-state index in [4.69, 9.17) is 0 Å². The summed E-state index contributed by atoms with van der Waals surface area (Å²) in [5.74, 6) is -1.99. The highest BCUT2D eigenvalue weighted by molar-refractivity contribution is 7.92. The van der Waals surface area contributed by atoms with Crippen molar-refractivity contribution in [3.63, 3.8) is 0 Å². The Balaban J connectivity index is 1.75. The van der Waals surface area contributed by atoms with Crippen LogP contribution in [0.3, 0.4) is 0 Å². The lowest BCUT2D eigenvalue weighted by Gasteiger charge is -2.34. The molecule has 1 aliphatic carbocycles. The van der Waals surface area contributed by atoms with Crippen molar-refractivity contribution < 1.29 is 35.6 Å². The van der Waals surface area contributed by atoms with Gasteiger partial charge in [-0.15, -0.1) is 0 Å². The summed E-state index contributed by atoms with van der Waals surface area (Å²) in [4.78, 5) is 28.9. The fourth-order valence-electron chi connectivity index (χ4n) is 5.18. The van der Waals surface area contributed by atoms with Crippen LogP contribution in [-0.4, -0.2) is 50.0 Å². The number of nitrogens with zero attached hydrogens (tertiary/aromatic N) is 2. The summed E-state index contributed by atoms with van der Waals surface area (Å²) in [5, 5.41) is 2.99. The van der Waals surface area contributed by atoms with Crippen LogP contribution < -0.4 is 9.62 Å². The third kappa shape index (κ3) is 8.56. The minimum absolute atomic E-state index is 0.0437.